The molecular formula is C27H40N6O3. The number of amides is 3. The van der Waals surface area contributed by atoms with Crippen LogP contribution in [0.3, 0.4) is 0 Å². The Bertz CT molecular complexity index is 992. The van der Waals surface area contributed by atoms with E-state index in [4.69, 9.17) is 17.2 Å². The van der Waals surface area contributed by atoms with Crippen LogP contribution in [0, 0.1) is 6.92 Å². The first-order chi connectivity index (χ1) is 17.3. The Balaban J connectivity index is 2.14. The molecule has 36 heavy (non-hydrogen) atoms. The number of nitrogens with one attached hydrogen (secondary N) is 2. The van der Waals surface area contributed by atoms with E-state index in [1.54, 1.807) is 0 Å². The van der Waals surface area contributed by atoms with E-state index in [1.165, 1.54) is 4.90 Å². The molecule has 0 heterocycles. The Morgan fingerprint density at radius 3 is 2.22 bits per heavy atom. The van der Waals surface area contributed by atoms with Crippen LogP contribution in [-0.4, -0.2) is 60.9 Å². The van der Waals surface area contributed by atoms with Crippen LogP contribution in [0.5, 0.6) is 0 Å². The first-order valence-electron chi connectivity index (χ1n) is 12.5. The molecule has 0 aliphatic heterocycles. The van der Waals surface area contributed by atoms with Crippen molar-refractivity contribution in [1.82, 2.24) is 10.2 Å². The third kappa shape index (κ3) is 8.75. The van der Waals surface area contributed by atoms with E-state index in [0.29, 0.717) is 25.9 Å². The number of carbonyl (C=O) groups excluding carboxylic acids is 3. The van der Waals surface area contributed by atoms with Gasteiger partial charge < -0.3 is 32.7 Å². The molecule has 2 unspecified atom stereocenters. The van der Waals surface area contributed by atoms with Crippen molar-refractivity contribution in [3.05, 3.63) is 65.2 Å². The van der Waals surface area contributed by atoms with Crippen molar-refractivity contribution in [2.24, 2.45) is 17.2 Å². The van der Waals surface area contributed by atoms with E-state index in [-0.39, 0.29) is 31.3 Å². The van der Waals surface area contributed by atoms with Crippen molar-refractivity contribution in [1.29, 1.82) is 0 Å². The standard InChI is InChI=1S/C27H40N6O3/c1-3-21-11-7-8-19(2)25(21)32-27(36)23(13-12-20-9-5-4-6-10-20)31-26(35)22(30)18-24(34)33(16-14-28)17-15-29/h4-11,22-23H,3,12-18,28-30H2,1-2H3,(H,31,35)(H,32,36). The molecule has 0 aliphatic rings. The number of hydrogen-bond donors (Lipinski definition) is 5. The molecule has 2 rings (SSSR count). The summed E-state index contributed by atoms with van der Waals surface area (Å²) in [7, 11) is 0. The van der Waals surface area contributed by atoms with E-state index < -0.39 is 18.0 Å². The van der Waals surface area contributed by atoms with Crippen molar-refractivity contribution >= 4 is 23.4 Å². The largest absolute Gasteiger partial charge is 0.343 e. The average Bonchev–Trinajstić information content (AvgIpc) is 2.87. The molecule has 2 aromatic carbocycles. The molecule has 0 saturated carbocycles. The Labute approximate surface area is 213 Å². The number of para-hydroxylation sites is 1. The predicted molar refractivity (Wildman–Crippen MR) is 143 cm³/mol. The zero-order valence-corrected chi connectivity index (χ0v) is 21.3. The van der Waals surface area contributed by atoms with Crippen molar-refractivity contribution in [3.8, 4) is 0 Å². The van der Waals surface area contributed by atoms with Gasteiger partial charge in [-0.15, -0.1) is 0 Å². The zero-order chi connectivity index (χ0) is 26.5. The summed E-state index contributed by atoms with van der Waals surface area (Å²) >= 11 is 0. The quantitative estimate of drug-likeness (QED) is 0.263. The van der Waals surface area contributed by atoms with Gasteiger partial charge in [-0.3, -0.25) is 14.4 Å². The fraction of sp³-hybridized carbons (Fsp3) is 0.444. The molecule has 0 bridgehead atoms. The molecule has 0 aromatic heterocycles. The van der Waals surface area contributed by atoms with Gasteiger partial charge in [-0.05, 0) is 42.9 Å². The van der Waals surface area contributed by atoms with Crippen LogP contribution in [0.2, 0.25) is 0 Å². The Hall–Kier alpha value is -3.27. The number of nitrogens with two attached hydrogens (primary N) is 3. The summed E-state index contributed by atoms with van der Waals surface area (Å²) in [5, 5.41) is 5.78. The summed E-state index contributed by atoms with van der Waals surface area (Å²) in [6.45, 7) is 5.20. The molecule has 9 heteroatoms. The number of benzene rings is 2. The van der Waals surface area contributed by atoms with Crippen molar-refractivity contribution in [3.63, 3.8) is 0 Å². The summed E-state index contributed by atoms with van der Waals surface area (Å²) in [5.74, 6) is -1.18. The maximum absolute atomic E-state index is 13.3. The van der Waals surface area contributed by atoms with Gasteiger partial charge in [0.1, 0.15) is 6.04 Å². The van der Waals surface area contributed by atoms with Crippen LogP contribution < -0.4 is 27.8 Å². The number of aryl methyl sites for hydroxylation is 3. The summed E-state index contributed by atoms with van der Waals surface area (Å²) in [5.41, 5.74) is 21.0. The van der Waals surface area contributed by atoms with Crippen LogP contribution in [0.25, 0.3) is 0 Å². The minimum atomic E-state index is -1.10. The molecule has 196 valence electrons. The van der Waals surface area contributed by atoms with Crippen LogP contribution in [0.4, 0.5) is 5.69 Å². The number of carbonyl (C=O) groups is 3. The second kappa shape index (κ2) is 15.0. The third-order valence-corrected chi connectivity index (χ3v) is 6.07. The highest BCUT2D eigenvalue weighted by Gasteiger charge is 2.27. The van der Waals surface area contributed by atoms with Crippen molar-refractivity contribution in [2.45, 2.75) is 51.6 Å². The number of nitrogens with zero attached hydrogens (tertiary/aromatic N) is 1. The first kappa shape index (κ1) is 29.0. The van der Waals surface area contributed by atoms with E-state index in [2.05, 4.69) is 10.6 Å². The molecule has 0 saturated heterocycles. The van der Waals surface area contributed by atoms with Crippen molar-refractivity contribution < 1.29 is 14.4 Å². The van der Waals surface area contributed by atoms with Gasteiger partial charge in [0.2, 0.25) is 17.7 Å². The second-order valence-corrected chi connectivity index (χ2v) is 8.81. The first-order valence-corrected chi connectivity index (χ1v) is 12.5. The summed E-state index contributed by atoms with van der Waals surface area (Å²) < 4.78 is 0. The normalized spacial score (nSPS) is 12.5. The minimum Gasteiger partial charge on any atom is -0.343 e. The minimum absolute atomic E-state index is 0.198. The molecule has 2 atom stereocenters. The second-order valence-electron chi connectivity index (χ2n) is 8.81. The van der Waals surface area contributed by atoms with Crippen LogP contribution in [0.15, 0.2) is 48.5 Å². The van der Waals surface area contributed by atoms with Crippen LogP contribution in [-0.2, 0) is 27.2 Å². The Morgan fingerprint density at radius 2 is 1.61 bits per heavy atom. The van der Waals surface area contributed by atoms with Crippen molar-refractivity contribution in [2.75, 3.05) is 31.5 Å². The van der Waals surface area contributed by atoms with Gasteiger partial charge in [0.05, 0.1) is 12.5 Å². The molecule has 2 aromatic rings. The van der Waals surface area contributed by atoms with E-state index in [1.807, 2.05) is 62.4 Å². The summed E-state index contributed by atoms with van der Waals surface area (Å²) in [6, 6.07) is 13.7. The Morgan fingerprint density at radius 1 is 0.944 bits per heavy atom. The lowest BCUT2D eigenvalue weighted by Gasteiger charge is -2.24. The monoisotopic (exact) mass is 496 g/mol. The molecule has 0 spiro atoms. The lowest BCUT2D eigenvalue weighted by Crippen LogP contribution is -2.52. The van der Waals surface area contributed by atoms with Gasteiger partial charge in [-0.2, -0.15) is 0 Å². The molecule has 3 amide bonds. The van der Waals surface area contributed by atoms with Crippen LogP contribution >= 0.6 is 0 Å². The zero-order valence-electron chi connectivity index (χ0n) is 21.3. The van der Waals surface area contributed by atoms with Crippen LogP contribution in [0.1, 0.15) is 36.5 Å². The molecule has 0 fully saturated rings. The molecule has 0 radical (unpaired) electrons. The summed E-state index contributed by atoms with van der Waals surface area (Å²) in [4.78, 5) is 40.4. The van der Waals surface area contributed by atoms with Gasteiger partial charge >= 0.3 is 0 Å². The van der Waals surface area contributed by atoms with E-state index in [0.717, 1.165) is 28.8 Å². The van der Waals surface area contributed by atoms with Gasteiger partial charge in [-0.25, -0.2) is 0 Å². The molecule has 0 aliphatic carbocycles. The fourth-order valence-electron chi connectivity index (χ4n) is 4.00. The lowest BCUT2D eigenvalue weighted by molar-refractivity contribution is -0.134. The number of hydrogen-bond acceptors (Lipinski definition) is 6. The molecule has 8 N–H and O–H groups in total. The predicted octanol–water partition coefficient (Wildman–Crippen LogP) is 1.08. The highest BCUT2D eigenvalue weighted by Crippen LogP contribution is 2.21. The number of rotatable bonds is 14. The molecular weight excluding hydrogens is 456 g/mol. The average molecular weight is 497 g/mol. The SMILES string of the molecule is CCc1cccc(C)c1NC(=O)C(CCc1ccccc1)NC(=O)C(N)CC(=O)N(CCN)CCN. The Kier molecular flexibility index (Phi) is 12.0. The van der Waals surface area contributed by atoms with Gasteiger partial charge in [0, 0.05) is 31.9 Å². The topological polar surface area (TPSA) is 157 Å². The smallest absolute Gasteiger partial charge is 0.246 e. The maximum atomic E-state index is 13.3. The van der Waals surface area contributed by atoms with Gasteiger partial charge in [0.15, 0.2) is 0 Å². The highest BCUT2D eigenvalue weighted by molar-refractivity contribution is 5.99. The summed E-state index contributed by atoms with van der Waals surface area (Å²) in [6.07, 6.45) is 1.52. The third-order valence-electron chi connectivity index (χ3n) is 6.07. The fourth-order valence-corrected chi connectivity index (χ4v) is 4.00. The van der Waals surface area contributed by atoms with E-state index in [9.17, 15) is 14.4 Å². The van der Waals surface area contributed by atoms with Gasteiger partial charge in [-0.1, -0.05) is 55.5 Å². The number of anilines is 1. The highest BCUT2D eigenvalue weighted by atomic mass is 16.2. The van der Waals surface area contributed by atoms with Gasteiger partial charge in [0.25, 0.3) is 0 Å². The lowest BCUT2D eigenvalue weighted by atomic mass is 10.0. The maximum Gasteiger partial charge on any atom is 0.246 e. The van der Waals surface area contributed by atoms with E-state index >= 15 is 0 Å². The molecule has 9 nitrogen and oxygen atoms in total.